The number of hydrogen-bond acceptors (Lipinski definition) is 7. The Hall–Kier alpha value is -2.97. The minimum absolute atomic E-state index is 0.0245. The summed E-state index contributed by atoms with van der Waals surface area (Å²) in [4.78, 5) is 36.9. The standard InChI is InChI=1S/C49H85NO7/c1-6-8-10-12-14-16-18-20-22-24-26-27-29-31-33-35-37-39-47(51)56-44-45(43-55-42-41-46(49(53)54)50(3,4)5)57-48(52)40-38-36-34-32-30-28-25-23-21-19-17-15-13-11-9-7-2/h9,11,15,17,20-23,28,30,45-46H,6-8,10,12-14,16,18-19,24-27,29,31-44H2,1-5H3/b11-9+,17-15+,22-20+,23-21+,30-28+. The van der Waals surface area contributed by atoms with Crippen molar-refractivity contribution in [2.45, 2.75) is 193 Å². The van der Waals surface area contributed by atoms with Crippen LogP contribution >= 0.6 is 0 Å². The second-order valence-corrected chi connectivity index (χ2v) is 16.3. The summed E-state index contributed by atoms with van der Waals surface area (Å²) in [6.07, 6.45) is 48.1. The molecule has 57 heavy (non-hydrogen) atoms. The summed E-state index contributed by atoms with van der Waals surface area (Å²) in [5, 5.41) is 11.6. The summed E-state index contributed by atoms with van der Waals surface area (Å²) in [7, 11) is 5.39. The number of carboxylic acid groups (broad SMARTS) is 1. The fourth-order valence-corrected chi connectivity index (χ4v) is 6.35. The van der Waals surface area contributed by atoms with Crippen molar-refractivity contribution in [3.63, 3.8) is 0 Å². The first-order chi connectivity index (χ1) is 27.6. The van der Waals surface area contributed by atoms with Crippen molar-refractivity contribution in [1.82, 2.24) is 0 Å². The highest BCUT2D eigenvalue weighted by molar-refractivity contribution is 5.70. The smallest absolute Gasteiger partial charge is 0.306 e. The van der Waals surface area contributed by atoms with Gasteiger partial charge < -0.3 is 28.6 Å². The van der Waals surface area contributed by atoms with Gasteiger partial charge in [0, 0.05) is 19.3 Å². The second-order valence-electron chi connectivity index (χ2n) is 16.3. The number of nitrogens with zero attached hydrogens (tertiary/aromatic N) is 1. The molecular formula is C49H85NO7. The zero-order chi connectivity index (χ0) is 42.1. The summed E-state index contributed by atoms with van der Waals surface area (Å²) in [5.41, 5.74) is 0. The van der Waals surface area contributed by atoms with Gasteiger partial charge in [0.2, 0.25) is 0 Å². The lowest BCUT2D eigenvalue weighted by molar-refractivity contribution is -0.889. The zero-order valence-electron chi connectivity index (χ0n) is 37.2. The zero-order valence-corrected chi connectivity index (χ0v) is 37.2. The minimum Gasteiger partial charge on any atom is -0.544 e. The van der Waals surface area contributed by atoms with E-state index in [0.29, 0.717) is 12.8 Å². The van der Waals surface area contributed by atoms with Crippen LogP contribution in [0.1, 0.15) is 181 Å². The number of carboxylic acids is 1. The van der Waals surface area contributed by atoms with Crippen LogP contribution in [-0.2, 0) is 28.6 Å². The van der Waals surface area contributed by atoms with E-state index in [0.717, 1.165) is 64.2 Å². The van der Waals surface area contributed by atoms with Gasteiger partial charge in [0.25, 0.3) is 0 Å². The number of aliphatic carboxylic acids is 1. The van der Waals surface area contributed by atoms with Crippen molar-refractivity contribution in [1.29, 1.82) is 0 Å². The first-order valence-corrected chi connectivity index (χ1v) is 22.8. The molecule has 0 bridgehead atoms. The molecule has 0 aromatic heterocycles. The van der Waals surface area contributed by atoms with E-state index < -0.39 is 18.1 Å². The summed E-state index contributed by atoms with van der Waals surface area (Å²) < 4.78 is 17.1. The van der Waals surface area contributed by atoms with Crippen molar-refractivity contribution in [3.8, 4) is 0 Å². The summed E-state index contributed by atoms with van der Waals surface area (Å²) in [5.74, 6) is -1.78. The normalized spacial score (nSPS) is 13.5. The maximum absolute atomic E-state index is 12.7. The maximum atomic E-state index is 12.7. The number of quaternary nitrogens is 1. The monoisotopic (exact) mass is 800 g/mol. The number of carbonyl (C=O) groups is 3. The number of unbranched alkanes of at least 4 members (excludes halogenated alkanes) is 16. The van der Waals surface area contributed by atoms with E-state index in [2.05, 4.69) is 74.6 Å². The Labute approximate surface area is 349 Å². The number of hydrogen-bond donors (Lipinski definition) is 0. The third kappa shape index (κ3) is 38.3. The van der Waals surface area contributed by atoms with Crippen LogP contribution in [0.4, 0.5) is 0 Å². The molecule has 0 aliphatic rings. The Bertz CT molecular complexity index is 1120. The van der Waals surface area contributed by atoms with Crippen molar-refractivity contribution >= 4 is 17.9 Å². The highest BCUT2D eigenvalue weighted by Crippen LogP contribution is 2.13. The molecule has 0 aliphatic heterocycles. The van der Waals surface area contributed by atoms with Crippen molar-refractivity contribution < 1.29 is 38.2 Å². The Kier molecular flexibility index (Phi) is 37.8. The molecule has 2 unspecified atom stereocenters. The van der Waals surface area contributed by atoms with Gasteiger partial charge in [-0.3, -0.25) is 9.59 Å². The lowest BCUT2D eigenvalue weighted by atomic mass is 10.1. The molecule has 0 heterocycles. The number of ether oxygens (including phenoxy) is 3. The van der Waals surface area contributed by atoms with Gasteiger partial charge >= 0.3 is 11.9 Å². The SMILES string of the molecule is CC/C=C/C/C=C/C/C=C/C/C=C/CCCCCC(=O)OC(COCCC(C(=O)[O-])[N+](C)(C)C)COC(=O)CCCCCCCCC/C=C/CCCCCCCC. The van der Waals surface area contributed by atoms with Gasteiger partial charge in [-0.1, -0.05) is 145 Å². The van der Waals surface area contributed by atoms with Gasteiger partial charge in [0.15, 0.2) is 6.10 Å². The lowest BCUT2D eigenvalue weighted by Crippen LogP contribution is -2.55. The molecule has 0 spiro atoms. The van der Waals surface area contributed by atoms with Crippen molar-refractivity contribution in [2.75, 3.05) is 41.0 Å². The number of likely N-dealkylation sites (N-methyl/N-ethyl adjacent to an activating group) is 1. The Balaban J connectivity index is 4.39. The van der Waals surface area contributed by atoms with Crippen LogP contribution < -0.4 is 5.11 Å². The van der Waals surface area contributed by atoms with Crippen molar-refractivity contribution in [2.24, 2.45) is 0 Å². The average molecular weight is 800 g/mol. The fourth-order valence-electron chi connectivity index (χ4n) is 6.35. The minimum atomic E-state index is -1.13. The molecule has 0 saturated heterocycles. The van der Waals surface area contributed by atoms with Crippen LogP contribution in [0.3, 0.4) is 0 Å². The highest BCUT2D eigenvalue weighted by atomic mass is 16.6. The molecule has 0 amide bonds. The average Bonchev–Trinajstić information content (AvgIpc) is 3.17. The van der Waals surface area contributed by atoms with E-state index in [4.69, 9.17) is 14.2 Å². The number of rotatable bonds is 40. The first kappa shape index (κ1) is 54.0. The third-order valence-electron chi connectivity index (χ3n) is 9.89. The van der Waals surface area contributed by atoms with Gasteiger partial charge in [0.1, 0.15) is 12.6 Å². The van der Waals surface area contributed by atoms with E-state index in [9.17, 15) is 19.5 Å². The van der Waals surface area contributed by atoms with E-state index in [1.54, 1.807) is 21.1 Å². The quantitative estimate of drug-likeness (QED) is 0.0263. The van der Waals surface area contributed by atoms with E-state index in [1.165, 1.54) is 77.0 Å². The highest BCUT2D eigenvalue weighted by Gasteiger charge is 2.25. The van der Waals surface area contributed by atoms with Crippen molar-refractivity contribution in [3.05, 3.63) is 60.8 Å². The molecule has 0 saturated carbocycles. The van der Waals surface area contributed by atoms with Gasteiger partial charge in [-0.2, -0.15) is 0 Å². The molecule has 328 valence electrons. The molecule has 8 heteroatoms. The number of esters is 2. The third-order valence-corrected chi connectivity index (χ3v) is 9.89. The fraction of sp³-hybridized carbons (Fsp3) is 0.735. The van der Waals surface area contributed by atoms with Gasteiger partial charge in [-0.15, -0.1) is 0 Å². The van der Waals surface area contributed by atoms with Crippen LogP contribution in [0.15, 0.2) is 60.8 Å². The molecule has 0 fully saturated rings. The molecule has 0 aromatic rings. The molecule has 0 aromatic carbocycles. The first-order valence-electron chi connectivity index (χ1n) is 22.8. The Morgan fingerprint density at radius 2 is 0.982 bits per heavy atom. The Morgan fingerprint density at radius 3 is 1.49 bits per heavy atom. The molecule has 0 radical (unpaired) electrons. The Morgan fingerprint density at radius 1 is 0.544 bits per heavy atom. The molecule has 0 aliphatic carbocycles. The lowest BCUT2D eigenvalue weighted by Gasteiger charge is -2.34. The molecule has 8 nitrogen and oxygen atoms in total. The number of allylic oxidation sites excluding steroid dienone is 10. The summed E-state index contributed by atoms with van der Waals surface area (Å²) >= 11 is 0. The molecule has 2 atom stereocenters. The van der Waals surface area contributed by atoms with E-state index in [1.807, 2.05) is 0 Å². The van der Waals surface area contributed by atoms with E-state index in [-0.39, 0.29) is 49.1 Å². The van der Waals surface area contributed by atoms with Crippen LogP contribution in [0, 0.1) is 0 Å². The number of carbonyl (C=O) groups excluding carboxylic acids is 3. The largest absolute Gasteiger partial charge is 0.544 e. The van der Waals surface area contributed by atoms with Crippen LogP contribution in [0.5, 0.6) is 0 Å². The topological polar surface area (TPSA) is 102 Å². The summed E-state index contributed by atoms with van der Waals surface area (Å²) in [6, 6.07) is -0.734. The van der Waals surface area contributed by atoms with E-state index >= 15 is 0 Å². The van der Waals surface area contributed by atoms with Crippen LogP contribution in [0.2, 0.25) is 0 Å². The van der Waals surface area contributed by atoms with Crippen LogP contribution in [-0.4, -0.2) is 75.5 Å². The summed E-state index contributed by atoms with van der Waals surface area (Å²) in [6.45, 7) is 4.50. The van der Waals surface area contributed by atoms with Gasteiger partial charge in [-0.05, 0) is 77.0 Å². The van der Waals surface area contributed by atoms with Crippen LogP contribution in [0.25, 0.3) is 0 Å². The van der Waals surface area contributed by atoms with Gasteiger partial charge in [-0.25, -0.2) is 0 Å². The second kappa shape index (κ2) is 39.8. The van der Waals surface area contributed by atoms with Gasteiger partial charge in [0.05, 0.1) is 40.3 Å². The molecular weight excluding hydrogens is 715 g/mol. The predicted octanol–water partition coefficient (Wildman–Crippen LogP) is 11.2. The molecule has 0 rings (SSSR count). The molecule has 0 N–H and O–H groups in total. The maximum Gasteiger partial charge on any atom is 0.306 e. The predicted molar refractivity (Wildman–Crippen MR) is 236 cm³/mol.